The van der Waals surface area contributed by atoms with Gasteiger partial charge in [0.25, 0.3) is 0 Å². The maximum absolute atomic E-state index is 12.3. The fraction of sp³-hybridized carbons (Fsp3) is 0.182. The number of hydrogen-bond donors (Lipinski definition) is 2. The van der Waals surface area contributed by atoms with Gasteiger partial charge in [-0.05, 0) is 30.2 Å². The second kappa shape index (κ2) is 8.92. The highest BCUT2D eigenvalue weighted by Crippen LogP contribution is 2.19. The van der Waals surface area contributed by atoms with Gasteiger partial charge in [-0.3, -0.25) is 15.1 Å². The fourth-order valence-corrected chi connectivity index (χ4v) is 2.75. The molecule has 1 atom stereocenters. The summed E-state index contributed by atoms with van der Waals surface area (Å²) in [7, 11) is 0. The molecule has 2 N–H and O–H groups in total. The minimum Gasteiger partial charge on any atom is -0.351 e. The summed E-state index contributed by atoms with van der Waals surface area (Å²) in [6.07, 6.45) is 1.77. The molecule has 3 rings (SSSR count). The van der Waals surface area contributed by atoms with Gasteiger partial charge >= 0.3 is 0 Å². The molecule has 0 spiro atoms. The summed E-state index contributed by atoms with van der Waals surface area (Å²) in [5, 5.41) is 6.28. The van der Waals surface area contributed by atoms with Gasteiger partial charge in [0.15, 0.2) is 0 Å². The SMILES string of the molecule is Cc1ccc(CNC(=O)CNC(c2ccccc2)c2ccccn2)cc1. The van der Waals surface area contributed by atoms with Crippen molar-refractivity contribution in [2.45, 2.75) is 19.5 Å². The highest BCUT2D eigenvalue weighted by molar-refractivity contribution is 5.78. The minimum absolute atomic E-state index is 0.0394. The Hall–Kier alpha value is -2.98. The van der Waals surface area contributed by atoms with Crippen molar-refractivity contribution in [3.63, 3.8) is 0 Å². The van der Waals surface area contributed by atoms with Crippen LogP contribution in [0.25, 0.3) is 0 Å². The average molecular weight is 345 g/mol. The largest absolute Gasteiger partial charge is 0.351 e. The van der Waals surface area contributed by atoms with E-state index >= 15 is 0 Å². The van der Waals surface area contributed by atoms with E-state index in [1.165, 1.54) is 5.56 Å². The summed E-state index contributed by atoms with van der Waals surface area (Å²) in [5.41, 5.74) is 4.28. The molecule has 1 unspecified atom stereocenters. The Bertz CT molecular complexity index is 778. The van der Waals surface area contributed by atoms with E-state index in [4.69, 9.17) is 0 Å². The van der Waals surface area contributed by atoms with Gasteiger partial charge in [-0.25, -0.2) is 0 Å². The van der Waals surface area contributed by atoms with Crippen LogP contribution in [0.15, 0.2) is 79.0 Å². The molecular formula is C22H23N3O. The Labute approximate surface area is 154 Å². The van der Waals surface area contributed by atoms with Crippen LogP contribution in [0.3, 0.4) is 0 Å². The number of carbonyl (C=O) groups excluding carboxylic acids is 1. The van der Waals surface area contributed by atoms with Gasteiger partial charge in [-0.15, -0.1) is 0 Å². The highest BCUT2D eigenvalue weighted by Gasteiger charge is 2.15. The smallest absolute Gasteiger partial charge is 0.234 e. The molecule has 1 aromatic heterocycles. The Morgan fingerprint density at radius 1 is 0.962 bits per heavy atom. The zero-order chi connectivity index (χ0) is 18.2. The Kier molecular flexibility index (Phi) is 6.12. The molecular weight excluding hydrogens is 322 g/mol. The Morgan fingerprint density at radius 2 is 1.69 bits per heavy atom. The van der Waals surface area contributed by atoms with Crippen LogP contribution in [-0.4, -0.2) is 17.4 Å². The predicted molar refractivity (Wildman–Crippen MR) is 104 cm³/mol. The van der Waals surface area contributed by atoms with Gasteiger partial charge < -0.3 is 5.32 Å². The van der Waals surface area contributed by atoms with Crippen LogP contribution in [0.2, 0.25) is 0 Å². The van der Waals surface area contributed by atoms with Crippen molar-refractivity contribution in [3.8, 4) is 0 Å². The quantitative estimate of drug-likeness (QED) is 0.690. The average Bonchev–Trinajstić information content (AvgIpc) is 2.69. The molecule has 1 heterocycles. The second-order valence-electron chi connectivity index (χ2n) is 6.24. The number of benzene rings is 2. The Balaban J connectivity index is 1.60. The van der Waals surface area contributed by atoms with Crippen molar-refractivity contribution in [2.75, 3.05) is 6.54 Å². The lowest BCUT2D eigenvalue weighted by atomic mass is 10.0. The molecule has 0 bridgehead atoms. The van der Waals surface area contributed by atoms with Crippen molar-refractivity contribution >= 4 is 5.91 Å². The first-order valence-corrected chi connectivity index (χ1v) is 8.74. The first-order valence-electron chi connectivity index (χ1n) is 8.74. The standard InChI is InChI=1S/C22H23N3O/c1-17-10-12-18(13-11-17)15-24-21(26)16-25-22(19-7-3-2-4-8-19)20-9-5-6-14-23-20/h2-14,22,25H,15-16H2,1H3,(H,24,26). The molecule has 26 heavy (non-hydrogen) atoms. The second-order valence-corrected chi connectivity index (χ2v) is 6.24. The number of rotatable bonds is 7. The van der Waals surface area contributed by atoms with Crippen molar-refractivity contribution in [3.05, 3.63) is 101 Å². The van der Waals surface area contributed by atoms with Gasteiger partial charge in [0.1, 0.15) is 0 Å². The number of hydrogen-bond acceptors (Lipinski definition) is 3. The number of pyridine rings is 1. The summed E-state index contributed by atoms with van der Waals surface area (Å²) < 4.78 is 0. The number of amides is 1. The first-order chi connectivity index (χ1) is 12.7. The zero-order valence-corrected chi connectivity index (χ0v) is 14.9. The van der Waals surface area contributed by atoms with Crippen molar-refractivity contribution in [1.82, 2.24) is 15.6 Å². The van der Waals surface area contributed by atoms with E-state index in [0.717, 1.165) is 16.8 Å². The lowest BCUT2D eigenvalue weighted by Gasteiger charge is -2.18. The summed E-state index contributed by atoms with van der Waals surface area (Å²) in [6.45, 7) is 2.80. The Morgan fingerprint density at radius 3 is 2.38 bits per heavy atom. The number of aromatic nitrogens is 1. The van der Waals surface area contributed by atoms with Gasteiger partial charge in [-0.1, -0.05) is 66.2 Å². The fourth-order valence-electron chi connectivity index (χ4n) is 2.75. The number of nitrogens with one attached hydrogen (secondary N) is 2. The lowest BCUT2D eigenvalue weighted by molar-refractivity contribution is -0.120. The van der Waals surface area contributed by atoms with Crippen LogP contribution in [0.5, 0.6) is 0 Å². The topological polar surface area (TPSA) is 54.0 Å². The van der Waals surface area contributed by atoms with E-state index in [0.29, 0.717) is 6.54 Å². The zero-order valence-electron chi connectivity index (χ0n) is 14.9. The molecule has 1 amide bonds. The molecule has 4 nitrogen and oxygen atoms in total. The molecule has 0 saturated heterocycles. The van der Waals surface area contributed by atoms with Gasteiger partial charge in [0, 0.05) is 12.7 Å². The van der Waals surface area contributed by atoms with E-state index in [9.17, 15) is 4.79 Å². The molecule has 0 aliphatic rings. The summed E-state index contributed by atoms with van der Waals surface area (Å²) in [6, 6.07) is 23.9. The monoisotopic (exact) mass is 345 g/mol. The summed E-state index contributed by atoms with van der Waals surface area (Å²) >= 11 is 0. The van der Waals surface area contributed by atoms with E-state index in [2.05, 4.69) is 15.6 Å². The molecule has 0 saturated carbocycles. The van der Waals surface area contributed by atoms with Crippen LogP contribution < -0.4 is 10.6 Å². The summed E-state index contributed by atoms with van der Waals surface area (Å²) in [5.74, 6) is -0.0394. The van der Waals surface area contributed by atoms with E-state index < -0.39 is 0 Å². The van der Waals surface area contributed by atoms with Gasteiger partial charge in [-0.2, -0.15) is 0 Å². The number of aryl methyl sites for hydroxylation is 1. The maximum atomic E-state index is 12.3. The van der Waals surface area contributed by atoms with E-state index in [1.54, 1.807) is 6.20 Å². The summed E-state index contributed by atoms with van der Waals surface area (Å²) in [4.78, 5) is 16.7. The number of carbonyl (C=O) groups is 1. The van der Waals surface area contributed by atoms with Crippen LogP contribution in [0, 0.1) is 6.92 Å². The third-order valence-electron chi connectivity index (χ3n) is 4.19. The van der Waals surface area contributed by atoms with Gasteiger partial charge in [0.05, 0.1) is 18.3 Å². The van der Waals surface area contributed by atoms with Crippen molar-refractivity contribution in [1.29, 1.82) is 0 Å². The first kappa shape index (κ1) is 17.8. The highest BCUT2D eigenvalue weighted by atomic mass is 16.1. The third-order valence-corrected chi connectivity index (χ3v) is 4.19. The third kappa shape index (κ3) is 5.01. The van der Waals surface area contributed by atoms with Crippen molar-refractivity contribution in [2.24, 2.45) is 0 Å². The van der Waals surface area contributed by atoms with Crippen LogP contribution in [0.4, 0.5) is 0 Å². The van der Waals surface area contributed by atoms with E-state index in [1.807, 2.05) is 79.7 Å². The molecule has 3 aromatic rings. The molecule has 0 aliphatic carbocycles. The molecule has 132 valence electrons. The molecule has 0 radical (unpaired) electrons. The lowest BCUT2D eigenvalue weighted by Crippen LogP contribution is -2.36. The minimum atomic E-state index is -0.123. The number of nitrogens with zero attached hydrogens (tertiary/aromatic N) is 1. The van der Waals surface area contributed by atoms with Crippen molar-refractivity contribution < 1.29 is 4.79 Å². The predicted octanol–water partition coefficient (Wildman–Crippen LogP) is 3.39. The van der Waals surface area contributed by atoms with E-state index in [-0.39, 0.29) is 18.5 Å². The van der Waals surface area contributed by atoms with Gasteiger partial charge in [0.2, 0.25) is 5.91 Å². The van der Waals surface area contributed by atoms with Crippen LogP contribution in [0.1, 0.15) is 28.4 Å². The van der Waals surface area contributed by atoms with Crippen LogP contribution in [-0.2, 0) is 11.3 Å². The van der Waals surface area contributed by atoms with Crippen LogP contribution >= 0.6 is 0 Å². The molecule has 0 fully saturated rings. The maximum Gasteiger partial charge on any atom is 0.234 e. The molecule has 4 heteroatoms. The molecule has 0 aliphatic heterocycles. The molecule has 2 aromatic carbocycles. The normalized spacial score (nSPS) is 11.7.